The van der Waals surface area contributed by atoms with E-state index in [2.05, 4.69) is 29.8 Å². The van der Waals surface area contributed by atoms with Gasteiger partial charge in [-0.05, 0) is 31.0 Å². The van der Waals surface area contributed by atoms with E-state index in [0.717, 1.165) is 43.0 Å². The lowest BCUT2D eigenvalue weighted by Gasteiger charge is -2.11. The number of hydrogen-bond acceptors (Lipinski definition) is 4. The van der Waals surface area contributed by atoms with Gasteiger partial charge in [0.15, 0.2) is 11.5 Å². The predicted molar refractivity (Wildman–Crippen MR) is 93.7 cm³/mol. The Morgan fingerprint density at radius 2 is 1.39 bits per heavy atom. The van der Waals surface area contributed by atoms with Crippen LogP contribution in [0.15, 0.2) is 22.7 Å². The molecule has 0 aliphatic heterocycles. The fourth-order valence-corrected chi connectivity index (χ4v) is 2.37. The number of benzene rings is 1. The summed E-state index contributed by atoms with van der Waals surface area (Å²) in [6.07, 6.45) is 6.42. The molecular weight excluding hydrogens is 360 g/mol. The second-order valence-electron chi connectivity index (χ2n) is 5.45. The van der Waals surface area contributed by atoms with Crippen molar-refractivity contribution in [3.05, 3.63) is 22.7 Å². The van der Waals surface area contributed by atoms with Crippen molar-refractivity contribution in [2.75, 3.05) is 0 Å². The van der Waals surface area contributed by atoms with Gasteiger partial charge in [0, 0.05) is 17.3 Å². The zero-order chi connectivity index (χ0) is 17.1. The van der Waals surface area contributed by atoms with Crippen molar-refractivity contribution in [3.8, 4) is 11.5 Å². The van der Waals surface area contributed by atoms with Gasteiger partial charge in [-0.2, -0.15) is 0 Å². The Morgan fingerprint density at radius 1 is 0.870 bits per heavy atom. The SMILES string of the molecule is CCCCCC(=O)Oc1ccc(Br)cc1OC(=O)CCCCC. The molecule has 0 unspecified atom stereocenters. The molecule has 0 aromatic heterocycles. The highest BCUT2D eigenvalue weighted by Crippen LogP contribution is 2.31. The first kappa shape index (κ1) is 19.7. The molecule has 23 heavy (non-hydrogen) atoms. The van der Waals surface area contributed by atoms with E-state index in [1.807, 2.05) is 0 Å². The van der Waals surface area contributed by atoms with E-state index < -0.39 is 0 Å². The Labute approximate surface area is 146 Å². The van der Waals surface area contributed by atoms with Crippen molar-refractivity contribution in [1.82, 2.24) is 0 Å². The van der Waals surface area contributed by atoms with E-state index in [0.29, 0.717) is 18.6 Å². The molecule has 0 fully saturated rings. The number of carbonyl (C=O) groups excluding carboxylic acids is 2. The summed E-state index contributed by atoms with van der Waals surface area (Å²) in [4.78, 5) is 23.7. The number of carbonyl (C=O) groups is 2. The molecule has 0 heterocycles. The molecule has 0 spiro atoms. The maximum absolute atomic E-state index is 11.9. The Balaban J connectivity index is 2.65. The molecule has 0 amide bonds. The van der Waals surface area contributed by atoms with E-state index in [1.165, 1.54) is 0 Å². The minimum Gasteiger partial charge on any atom is -0.423 e. The van der Waals surface area contributed by atoms with Crippen molar-refractivity contribution >= 4 is 27.9 Å². The van der Waals surface area contributed by atoms with Gasteiger partial charge >= 0.3 is 11.9 Å². The monoisotopic (exact) mass is 384 g/mol. The molecule has 128 valence electrons. The number of rotatable bonds is 10. The summed E-state index contributed by atoms with van der Waals surface area (Å²) < 4.78 is 11.5. The second kappa shape index (κ2) is 11.2. The molecule has 0 aliphatic carbocycles. The topological polar surface area (TPSA) is 52.6 Å². The molecule has 1 rings (SSSR count). The van der Waals surface area contributed by atoms with Gasteiger partial charge in [-0.25, -0.2) is 0 Å². The third-order valence-electron chi connectivity index (χ3n) is 3.32. The van der Waals surface area contributed by atoms with Gasteiger partial charge in [0.2, 0.25) is 0 Å². The molecule has 0 bridgehead atoms. The lowest BCUT2D eigenvalue weighted by Crippen LogP contribution is -2.12. The zero-order valence-electron chi connectivity index (χ0n) is 13.9. The average molecular weight is 385 g/mol. The highest BCUT2D eigenvalue weighted by Gasteiger charge is 2.14. The summed E-state index contributed by atoms with van der Waals surface area (Å²) >= 11 is 3.34. The van der Waals surface area contributed by atoms with Gasteiger partial charge in [0.25, 0.3) is 0 Å². The van der Waals surface area contributed by atoms with Crippen LogP contribution in [0.1, 0.15) is 65.2 Å². The van der Waals surface area contributed by atoms with Crippen molar-refractivity contribution < 1.29 is 19.1 Å². The van der Waals surface area contributed by atoms with Gasteiger partial charge in [-0.15, -0.1) is 0 Å². The van der Waals surface area contributed by atoms with Gasteiger partial charge in [-0.3, -0.25) is 9.59 Å². The first-order valence-electron chi connectivity index (χ1n) is 8.27. The van der Waals surface area contributed by atoms with E-state index in [1.54, 1.807) is 18.2 Å². The van der Waals surface area contributed by atoms with Crippen LogP contribution >= 0.6 is 15.9 Å². The van der Waals surface area contributed by atoms with Crippen molar-refractivity contribution in [2.45, 2.75) is 65.2 Å². The van der Waals surface area contributed by atoms with Crippen LogP contribution in [0.2, 0.25) is 0 Å². The molecule has 0 saturated heterocycles. The Morgan fingerprint density at radius 3 is 1.91 bits per heavy atom. The van der Waals surface area contributed by atoms with Gasteiger partial charge in [0.1, 0.15) is 0 Å². The molecule has 5 heteroatoms. The van der Waals surface area contributed by atoms with Crippen LogP contribution in [0.3, 0.4) is 0 Å². The smallest absolute Gasteiger partial charge is 0.311 e. The molecular formula is C18H25BrO4. The Hall–Kier alpha value is -1.36. The van der Waals surface area contributed by atoms with Crippen LogP contribution in [-0.2, 0) is 9.59 Å². The highest BCUT2D eigenvalue weighted by molar-refractivity contribution is 9.10. The molecule has 0 atom stereocenters. The summed E-state index contributed by atoms with van der Waals surface area (Å²) in [5.74, 6) is -0.0351. The second-order valence-corrected chi connectivity index (χ2v) is 6.37. The lowest BCUT2D eigenvalue weighted by atomic mass is 10.2. The molecule has 0 saturated carbocycles. The highest BCUT2D eigenvalue weighted by atomic mass is 79.9. The van der Waals surface area contributed by atoms with E-state index in [4.69, 9.17) is 9.47 Å². The Kier molecular flexibility index (Phi) is 9.60. The maximum Gasteiger partial charge on any atom is 0.311 e. The molecule has 1 aromatic rings. The van der Waals surface area contributed by atoms with Gasteiger partial charge in [0.05, 0.1) is 0 Å². The number of hydrogen-bond donors (Lipinski definition) is 0. The standard InChI is InChI=1S/C18H25BrO4/c1-3-5-7-9-17(20)22-15-12-11-14(19)13-16(15)23-18(21)10-8-6-4-2/h11-13H,3-10H2,1-2H3. The van der Waals surface area contributed by atoms with Crippen LogP contribution in [0, 0.1) is 0 Å². The number of unbranched alkanes of at least 4 members (excludes halogenated alkanes) is 4. The largest absolute Gasteiger partial charge is 0.423 e. The molecule has 4 nitrogen and oxygen atoms in total. The average Bonchev–Trinajstić information content (AvgIpc) is 2.50. The number of ether oxygens (including phenoxy) is 2. The molecule has 0 aliphatic rings. The Bertz CT molecular complexity index is 514. The van der Waals surface area contributed by atoms with Crippen molar-refractivity contribution in [2.24, 2.45) is 0 Å². The summed E-state index contributed by atoms with van der Waals surface area (Å²) in [6, 6.07) is 5.03. The van der Waals surface area contributed by atoms with Gasteiger partial charge < -0.3 is 9.47 Å². The quantitative estimate of drug-likeness (QED) is 0.307. The summed E-state index contributed by atoms with van der Waals surface area (Å²) in [5.41, 5.74) is 0. The van der Waals surface area contributed by atoms with E-state index >= 15 is 0 Å². The van der Waals surface area contributed by atoms with Crippen molar-refractivity contribution in [3.63, 3.8) is 0 Å². The van der Waals surface area contributed by atoms with Crippen LogP contribution in [-0.4, -0.2) is 11.9 Å². The van der Waals surface area contributed by atoms with Crippen molar-refractivity contribution in [1.29, 1.82) is 0 Å². The normalized spacial score (nSPS) is 10.4. The lowest BCUT2D eigenvalue weighted by molar-refractivity contribution is -0.137. The first-order valence-corrected chi connectivity index (χ1v) is 9.07. The summed E-state index contributed by atoms with van der Waals surface area (Å²) in [6.45, 7) is 4.16. The zero-order valence-corrected chi connectivity index (χ0v) is 15.5. The molecule has 1 aromatic carbocycles. The maximum atomic E-state index is 11.9. The fourth-order valence-electron chi connectivity index (χ4n) is 2.03. The van der Waals surface area contributed by atoms with Gasteiger partial charge in [-0.1, -0.05) is 55.5 Å². The number of halogens is 1. The first-order chi connectivity index (χ1) is 11.1. The summed E-state index contributed by atoms with van der Waals surface area (Å²) in [5, 5.41) is 0. The third kappa shape index (κ3) is 8.16. The van der Waals surface area contributed by atoms with Crippen LogP contribution in [0.5, 0.6) is 11.5 Å². The predicted octanol–water partition coefficient (Wildman–Crippen LogP) is 5.42. The minimum absolute atomic E-state index is 0.282. The third-order valence-corrected chi connectivity index (χ3v) is 3.82. The molecule has 0 radical (unpaired) electrons. The van der Waals surface area contributed by atoms with E-state index in [9.17, 15) is 9.59 Å². The number of esters is 2. The molecule has 0 N–H and O–H groups in total. The van der Waals surface area contributed by atoms with Crippen LogP contribution in [0.4, 0.5) is 0 Å². The fraction of sp³-hybridized carbons (Fsp3) is 0.556. The minimum atomic E-state index is -0.306. The van der Waals surface area contributed by atoms with E-state index in [-0.39, 0.29) is 17.7 Å². The van der Waals surface area contributed by atoms with Crippen LogP contribution in [0.25, 0.3) is 0 Å². The summed E-state index contributed by atoms with van der Waals surface area (Å²) in [7, 11) is 0. The van der Waals surface area contributed by atoms with Crippen LogP contribution < -0.4 is 9.47 Å².